The van der Waals surface area contributed by atoms with Crippen molar-refractivity contribution in [2.24, 2.45) is 0 Å². The van der Waals surface area contributed by atoms with Gasteiger partial charge in [0.25, 0.3) is 0 Å². The second kappa shape index (κ2) is 9.72. The maximum Gasteiger partial charge on any atom is 0.174 e. The van der Waals surface area contributed by atoms with Crippen LogP contribution in [0, 0.1) is 13.8 Å². The van der Waals surface area contributed by atoms with Crippen molar-refractivity contribution in [1.29, 1.82) is 0 Å². The molecular weight excluding hydrogens is 476 g/mol. The molecule has 0 bridgehead atoms. The van der Waals surface area contributed by atoms with Crippen LogP contribution in [0.25, 0.3) is 5.69 Å². The molecule has 2 aromatic heterocycles. The maximum atomic E-state index is 6.15. The lowest BCUT2D eigenvalue weighted by atomic mass is 9.96. The molecule has 0 aliphatic carbocycles. The summed E-state index contributed by atoms with van der Waals surface area (Å²) in [5, 5.41) is 4.94. The fourth-order valence-corrected chi connectivity index (χ4v) is 5.37. The summed E-state index contributed by atoms with van der Waals surface area (Å²) in [5.74, 6) is 0.841. The van der Waals surface area contributed by atoms with E-state index in [2.05, 4.69) is 51.8 Å². The smallest absolute Gasteiger partial charge is 0.174 e. The van der Waals surface area contributed by atoms with Gasteiger partial charge in [0.15, 0.2) is 5.11 Å². The number of nitrogens with one attached hydrogen (secondary N) is 1. The summed E-state index contributed by atoms with van der Waals surface area (Å²) >= 11 is 12.0. The summed E-state index contributed by atoms with van der Waals surface area (Å²) in [5.41, 5.74) is 6.51. The van der Waals surface area contributed by atoms with Crippen molar-refractivity contribution in [3.05, 3.63) is 107 Å². The molecule has 1 fully saturated rings. The van der Waals surface area contributed by atoms with Crippen LogP contribution < -0.4 is 15.0 Å². The van der Waals surface area contributed by atoms with Gasteiger partial charge in [0.1, 0.15) is 5.75 Å². The molecule has 5 nitrogen and oxygen atoms in total. The monoisotopic (exact) mass is 502 g/mol. The molecule has 0 spiro atoms. The van der Waals surface area contributed by atoms with Gasteiger partial charge in [-0.3, -0.25) is 4.98 Å². The maximum absolute atomic E-state index is 6.15. The van der Waals surface area contributed by atoms with Crippen molar-refractivity contribution >= 4 is 34.6 Å². The van der Waals surface area contributed by atoms with E-state index in [1.807, 2.05) is 67.7 Å². The van der Waals surface area contributed by atoms with Crippen molar-refractivity contribution in [2.45, 2.75) is 32.9 Å². The predicted octanol–water partition coefficient (Wildman–Crippen LogP) is 6.72. The molecule has 1 saturated heterocycles. The van der Waals surface area contributed by atoms with E-state index in [4.69, 9.17) is 28.6 Å². The Morgan fingerprint density at radius 1 is 1.00 bits per heavy atom. The van der Waals surface area contributed by atoms with Gasteiger partial charge >= 0.3 is 0 Å². The largest absolute Gasteiger partial charge is 0.494 e. The molecule has 178 valence electrons. The first kappa shape index (κ1) is 23.4. The van der Waals surface area contributed by atoms with Crippen LogP contribution in [0.3, 0.4) is 0 Å². The van der Waals surface area contributed by atoms with Gasteiger partial charge in [-0.25, -0.2) is 0 Å². The molecule has 2 aromatic carbocycles. The standard InChI is InChI=1S/C28H27ClN4OS/c1-4-34-23-14-12-22(13-15-23)33-27(26(31-28(33)35)25-7-5-6-16-30-25)24-17-18(2)32(19(24)3)21-10-8-20(29)9-11-21/h5-17,26-27H,4H2,1-3H3,(H,31,35)/t26-,27+/m1/s1. The van der Waals surface area contributed by atoms with Gasteiger partial charge in [0, 0.05) is 34.0 Å². The first-order chi connectivity index (χ1) is 17.0. The zero-order valence-electron chi connectivity index (χ0n) is 19.9. The quantitative estimate of drug-likeness (QED) is 0.296. The van der Waals surface area contributed by atoms with E-state index in [0.717, 1.165) is 39.2 Å². The lowest BCUT2D eigenvalue weighted by molar-refractivity contribution is 0.340. The Hall–Kier alpha value is -3.35. The summed E-state index contributed by atoms with van der Waals surface area (Å²) in [6.45, 7) is 6.90. The van der Waals surface area contributed by atoms with Crippen LogP contribution in [0.15, 0.2) is 79.0 Å². The van der Waals surface area contributed by atoms with Gasteiger partial charge in [-0.2, -0.15) is 0 Å². The highest BCUT2D eigenvalue weighted by atomic mass is 35.5. The van der Waals surface area contributed by atoms with E-state index in [9.17, 15) is 0 Å². The number of halogens is 1. The summed E-state index contributed by atoms with van der Waals surface area (Å²) < 4.78 is 7.92. The van der Waals surface area contributed by atoms with Crippen molar-refractivity contribution in [2.75, 3.05) is 11.5 Å². The van der Waals surface area contributed by atoms with Gasteiger partial charge in [-0.05, 0) is 105 Å². The normalized spacial score (nSPS) is 17.5. The Balaban J connectivity index is 1.63. The molecule has 3 heterocycles. The molecule has 0 radical (unpaired) electrons. The van der Waals surface area contributed by atoms with Crippen molar-refractivity contribution in [1.82, 2.24) is 14.9 Å². The molecule has 7 heteroatoms. The highest BCUT2D eigenvalue weighted by Gasteiger charge is 2.42. The Kier molecular flexibility index (Phi) is 6.50. The van der Waals surface area contributed by atoms with Gasteiger partial charge in [-0.1, -0.05) is 17.7 Å². The number of thiocarbonyl (C=S) groups is 1. The average Bonchev–Trinajstić information content (AvgIpc) is 3.36. The third kappa shape index (κ3) is 4.40. The van der Waals surface area contributed by atoms with Crippen LogP contribution in [0.4, 0.5) is 5.69 Å². The summed E-state index contributed by atoms with van der Waals surface area (Å²) in [6.07, 6.45) is 1.83. The minimum atomic E-state index is -0.102. The van der Waals surface area contributed by atoms with Crippen molar-refractivity contribution < 1.29 is 4.74 Å². The van der Waals surface area contributed by atoms with Crippen LogP contribution in [-0.2, 0) is 0 Å². The molecule has 4 aromatic rings. The molecule has 2 atom stereocenters. The molecule has 1 aliphatic rings. The Morgan fingerprint density at radius 2 is 1.71 bits per heavy atom. The summed E-state index contributed by atoms with van der Waals surface area (Å²) in [4.78, 5) is 6.87. The fourth-order valence-electron chi connectivity index (χ4n) is 4.89. The SMILES string of the molecule is CCOc1ccc(N2C(=S)N[C@H](c3ccccn3)[C@@H]2c2cc(C)n(-c3ccc(Cl)cc3)c2C)cc1. The zero-order chi connectivity index (χ0) is 24.5. The Bertz CT molecular complexity index is 1340. The molecule has 0 amide bonds. The van der Waals surface area contributed by atoms with Gasteiger partial charge in [0.2, 0.25) is 0 Å². The lowest BCUT2D eigenvalue weighted by Crippen LogP contribution is -2.29. The minimum Gasteiger partial charge on any atom is -0.494 e. The van der Waals surface area contributed by atoms with Gasteiger partial charge in [-0.15, -0.1) is 0 Å². The number of aromatic nitrogens is 2. The summed E-state index contributed by atoms with van der Waals surface area (Å²) in [6, 6.07) is 24.1. The number of nitrogens with zero attached hydrogens (tertiary/aromatic N) is 3. The van der Waals surface area contributed by atoms with E-state index in [1.165, 1.54) is 5.56 Å². The predicted molar refractivity (Wildman–Crippen MR) is 146 cm³/mol. The van der Waals surface area contributed by atoms with Gasteiger partial charge < -0.3 is 19.5 Å². The Morgan fingerprint density at radius 3 is 2.37 bits per heavy atom. The number of anilines is 1. The van der Waals surface area contributed by atoms with E-state index in [-0.39, 0.29) is 12.1 Å². The molecule has 0 unspecified atom stereocenters. The third-order valence-corrected chi connectivity index (χ3v) is 6.96. The van der Waals surface area contributed by atoms with Crippen molar-refractivity contribution in [3.63, 3.8) is 0 Å². The Labute approximate surface area is 216 Å². The number of ether oxygens (including phenoxy) is 1. The average molecular weight is 503 g/mol. The molecule has 0 saturated carbocycles. The van der Waals surface area contributed by atoms with E-state index in [0.29, 0.717) is 11.7 Å². The minimum absolute atomic E-state index is 0.0809. The van der Waals surface area contributed by atoms with E-state index in [1.54, 1.807) is 0 Å². The number of benzene rings is 2. The van der Waals surface area contributed by atoms with E-state index < -0.39 is 0 Å². The van der Waals surface area contributed by atoms with Crippen LogP contribution in [0.5, 0.6) is 5.75 Å². The number of pyridine rings is 1. The highest BCUT2D eigenvalue weighted by Crippen LogP contribution is 2.44. The zero-order valence-corrected chi connectivity index (χ0v) is 21.5. The van der Waals surface area contributed by atoms with E-state index >= 15 is 0 Å². The number of rotatable bonds is 6. The molecule has 5 rings (SSSR count). The van der Waals surface area contributed by atoms with Crippen LogP contribution >= 0.6 is 23.8 Å². The number of hydrogen-bond acceptors (Lipinski definition) is 3. The molecular formula is C28H27ClN4OS. The fraction of sp³-hybridized carbons (Fsp3) is 0.214. The highest BCUT2D eigenvalue weighted by molar-refractivity contribution is 7.80. The lowest BCUT2D eigenvalue weighted by Gasteiger charge is -2.28. The summed E-state index contributed by atoms with van der Waals surface area (Å²) in [7, 11) is 0. The van der Waals surface area contributed by atoms with Crippen LogP contribution in [0.2, 0.25) is 5.02 Å². The second-order valence-electron chi connectivity index (χ2n) is 8.56. The topological polar surface area (TPSA) is 42.3 Å². The molecule has 1 aliphatic heterocycles. The van der Waals surface area contributed by atoms with Gasteiger partial charge in [0.05, 0.1) is 24.4 Å². The molecule has 35 heavy (non-hydrogen) atoms. The first-order valence-corrected chi connectivity index (χ1v) is 12.4. The van der Waals surface area contributed by atoms with Crippen LogP contribution in [-0.4, -0.2) is 21.3 Å². The molecule has 1 N–H and O–H groups in total. The third-order valence-electron chi connectivity index (χ3n) is 6.40. The van der Waals surface area contributed by atoms with Crippen molar-refractivity contribution in [3.8, 4) is 11.4 Å². The number of hydrogen-bond donors (Lipinski definition) is 1. The second-order valence-corrected chi connectivity index (χ2v) is 9.38. The number of aryl methyl sites for hydroxylation is 1. The van der Waals surface area contributed by atoms with Crippen LogP contribution in [0.1, 0.15) is 41.7 Å². The first-order valence-electron chi connectivity index (χ1n) is 11.7.